The van der Waals surface area contributed by atoms with Crippen LogP contribution in [0, 0.1) is 0 Å². The first-order valence-electron chi connectivity index (χ1n) is 22.3. The molecule has 0 radical (unpaired) electrons. The van der Waals surface area contributed by atoms with Crippen LogP contribution in [0.25, 0.3) is 0 Å². The summed E-state index contributed by atoms with van der Waals surface area (Å²) in [6.07, 6.45) is 44.3. The Kier molecular flexibility index (Phi) is 37.1. The van der Waals surface area contributed by atoms with Gasteiger partial charge < -0.3 is 27.9 Å². The van der Waals surface area contributed by atoms with Gasteiger partial charge in [-0.25, -0.2) is 0 Å². The van der Waals surface area contributed by atoms with Crippen LogP contribution in [0.1, 0.15) is 181 Å². The minimum absolute atomic E-state index is 0.0378. The summed E-state index contributed by atoms with van der Waals surface area (Å²) < 4.78 is 33.9. The van der Waals surface area contributed by atoms with Crippen LogP contribution in [0.2, 0.25) is 0 Å². The van der Waals surface area contributed by atoms with Gasteiger partial charge in [0, 0.05) is 12.8 Å². The molecule has 10 heteroatoms. The molecule has 0 N–H and O–H groups in total. The molecule has 0 aliphatic heterocycles. The van der Waals surface area contributed by atoms with E-state index >= 15 is 0 Å². The van der Waals surface area contributed by atoms with E-state index in [-0.39, 0.29) is 26.1 Å². The van der Waals surface area contributed by atoms with Crippen molar-refractivity contribution in [2.75, 3.05) is 47.5 Å². The van der Waals surface area contributed by atoms with E-state index in [1.54, 1.807) is 0 Å². The SMILES string of the molecule is CC/C=C/C/C=C/C/C=C/C/C=C/CCCCC(=O)OC[C@H](COP(=O)([O-])OCC[N+](C)(C)C)OC(=O)CCCCCCCCCCCCCCCCCCC. The molecule has 0 aromatic rings. The topological polar surface area (TPSA) is 111 Å². The second-order valence-electron chi connectivity index (χ2n) is 16.0. The number of rotatable bonds is 40. The van der Waals surface area contributed by atoms with Crippen LogP contribution < -0.4 is 4.89 Å². The van der Waals surface area contributed by atoms with Crippen LogP contribution >= 0.6 is 7.82 Å². The van der Waals surface area contributed by atoms with E-state index in [4.69, 9.17) is 18.5 Å². The first kappa shape index (κ1) is 54.0. The van der Waals surface area contributed by atoms with Crippen LogP contribution in [0.15, 0.2) is 48.6 Å². The van der Waals surface area contributed by atoms with Crippen molar-refractivity contribution in [1.29, 1.82) is 0 Å². The molecule has 0 spiro atoms. The minimum Gasteiger partial charge on any atom is -0.756 e. The van der Waals surface area contributed by atoms with E-state index in [0.29, 0.717) is 23.9 Å². The van der Waals surface area contributed by atoms with Crippen molar-refractivity contribution < 1.29 is 42.1 Å². The Bertz CT molecular complexity index is 1100. The van der Waals surface area contributed by atoms with Crippen LogP contribution in [0.3, 0.4) is 0 Å². The molecule has 0 amide bonds. The number of phosphoric ester groups is 1. The molecule has 56 heavy (non-hydrogen) atoms. The normalized spacial score (nSPS) is 14.0. The molecule has 0 aromatic heterocycles. The molecule has 0 rings (SSSR count). The number of nitrogens with zero attached hydrogens (tertiary/aromatic N) is 1. The average Bonchev–Trinajstić information content (AvgIpc) is 3.15. The molecule has 2 atom stereocenters. The fourth-order valence-corrected chi connectivity index (χ4v) is 6.61. The summed E-state index contributed by atoms with van der Waals surface area (Å²) in [7, 11) is 1.14. The van der Waals surface area contributed by atoms with Crippen LogP contribution in [0.5, 0.6) is 0 Å². The lowest BCUT2D eigenvalue weighted by atomic mass is 10.0. The lowest BCUT2D eigenvalue weighted by Crippen LogP contribution is -2.37. The van der Waals surface area contributed by atoms with Gasteiger partial charge >= 0.3 is 11.9 Å². The number of unbranched alkanes of at least 4 members (excludes halogenated alkanes) is 18. The standard InChI is InChI=1S/C46H84NO8P/c1-6-8-10-12-14-16-18-20-22-23-25-27-29-31-33-35-37-39-46(49)55-44(43-54-56(50,51)53-41-40-47(3,4)5)42-52-45(48)38-36-34-32-30-28-26-24-21-19-17-15-13-11-9-7-2/h9,11,15,17,21,24,28,30,44H,6-8,10,12-14,16,18-20,22-23,25-27,29,31-43H2,1-5H3/b11-9+,17-15+,24-21+,30-28+/t44-/m1/s1. The number of quaternary nitrogens is 1. The van der Waals surface area contributed by atoms with E-state index in [1.165, 1.54) is 83.5 Å². The third kappa shape index (κ3) is 41.6. The van der Waals surface area contributed by atoms with Crippen molar-refractivity contribution in [2.24, 2.45) is 0 Å². The highest BCUT2D eigenvalue weighted by Crippen LogP contribution is 2.38. The average molecular weight is 810 g/mol. The maximum Gasteiger partial charge on any atom is 0.306 e. The number of allylic oxidation sites excluding steroid dienone is 8. The lowest BCUT2D eigenvalue weighted by molar-refractivity contribution is -0.870. The second-order valence-corrected chi connectivity index (χ2v) is 17.4. The highest BCUT2D eigenvalue weighted by molar-refractivity contribution is 7.45. The number of ether oxygens (including phenoxy) is 2. The van der Waals surface area contributed by atoms with E-state index < -0.39 is 32.5 Å². The van der Waals surface area contributed by atoms with Gasteiger partial charge in [-0.2, -0.15) is 0 Å². The molecule has 0 aromatic carbocycles. The highest BCUT2D eigenvalue weighted by Gasteiger charge is 2.21. The van der Waals surface area contributed by atoms with Gasteiger partial charge in [0.25, 0.3) is 7.82 Å². The van der Waals surface area contributed by atoms with Crippen molar-refractivity contribution in [3.8, 4) is 0 Å². The van der Waals surface area contributed by atoms with E-state index in [2.05, 4.69) is 62.5 Å². The summed E-state index contributed by atoms with van der Waals surface area (Å²) in [6.45, 7) is 4.07. The molecule has 0 bridgehead atoms. The van der Waals surface area contributed by atoms with Gasteiger partial charge in [0.05, 0.1) is 27.7 Å². The molecule has 0 fully saturated rings. The number of phosphoric acid groups is 1. The zero-order chi connectivity index (χ0) is 41.4. The molecule has 0 aliphatic rings. The largest absolute Gasteiger partial charge is 0.756 e. The Balaban J connectivity index is 4.39. The second kappa shape index (κ2) is 38.5. The summed E-state index contributed by atoms with van der Waals surface area (Å²) in [5.41, 5.74) is 0. The third-order valence-corrected chi connectivity index (χ3v) is 10.3. The van der Waals surface area contributed by atoms with E-state index in [1.807, 2.05) is 21.1 Å². The fraction of sp³-hybridized carbons (Fsp3) is 0.783. The molecule has 1 unspecified atom stereocenters. The summed E-state index contributed by atoms with van der Waals surface area (Å²) >= 11 is 0. The number of hydrogen-bond acceptors (Lipinski definition) is 8. The van der Waals surface area contributed by atoms with Crippen molar-refractivity contribution in [3.05, 3.63) is 48.6 Å². The Morgan fingerprint density at radius 1 is 0.571 bits per heavy atom. The number of carbonyl (C=O) groups excluding carboxylic acids is 2. The van der Waals surface area contributed by atoms with Gasteiger partial charge in [-0.3, -0.25) is 14.2 Å². The molecular weight excluding hydrogens is 725 g/mol. The number of esters is 2. The molecule has 0 aliphatic carbocycles. The quantitative estimate of drug-likeness (QED) is 0.0198. The summed E-state index contributed by atoms with van der Waals surface area (Å²) in [5.74, 6) is -0.880. The number of carbonyl (C=O) groups is 2. The maximum absolute atomic E-state index is 12.7. The summed E-state index contributed by atoms with van der Waals surface area (Å²) in [4.78, 5) is 37.5. The lowest BCUT2D eigenvalue weighted by Gasteiger charge is -2.28. The Hall–Kier alpha value is -2.03. The van der Waals surface area contributed by atoms with Crippen LogP contribution in [0.4, 0.5) is 0 Å². The number of likely N-dealkylation sites (N-methyl/N-ethyl adjacent to an activating group) is 1. The molecule has 0 heterocycles. The van der Waals surface area contributed by atoms with Crippen molar-refractivity contribution in [1.82, 2.24) is 0 Å². The molecule has 0 saturated heterocycles. The number of hydrogen-bond donors (Lipinski definition) is 0. The van der Waals surface area contributed by atoms with Crippen molar-refractivity contribution in [3.63, 3.8) is 0 Å². The predicted molar refractivity (Wildman–Crippen MR) is 231 cm³/mol. The monoisotopic (exact) mass is 810 g/mol. The Labute approximate surface area is 343 Å². The molecule has 9 nitrogen and oxygen atoms in total. The molecule has 326 valence electrons. The Morgan fingerprint density at radius 2 is 1.02 bits per heavy atom. The Morgan fingerprint density at radius 3 is 1.52 bits per heavy atom. The minimum atomic E-state index is -4.63. The van der Waals surface area contributed by atoms with Gasteiger partial charge in [-0.05, 0) is 51.4 Å². The van der Waals surface area contributed by atoms with Gasteiger partial charge in [0.1, 0.15) is 19.8 Å². The van der Waals surface area contributed by atoms with E-state index in [9.17, 15) is 19.0 Å². The smallest absolute Gasteiger partial charge is 0.306 e. The predicted octanol–water partition coefficient (Wildman–Crippen LogP) is 12.1. The fourth-order valence-electron chi connectivity index (χ4n) is 5.88. The zero-order valence-electron chi connectivity index (χ0n) is 36.6. The van der Waals surface area contributed by atoms with Gasteiger partial charge in [0.2, 0.25) is 0 Å². The summed E-state index contributed by atoms with van der Waals surface area (Å²) in [5, 5.41) is 0. The van der Waals surface area contributed by atoms with Crippen molar-refractivity contribution in [2.45, 2.75) is 187 Å². The third-order valence-electron chi connectivity index (χ3n) is 9.36. The molecular formula is C46H84NO8P. The van der Waals surface area contributed by atoms with E-state index in [0.717, 1.165) is 57.8 Å². The zero-order valence-corrected chi connectivity index (χ0v) is 37.5. The van der Waals surface area contributed by atoms with Gasteiger partial charge in [0.15, 0.2) is 6.10 Å². The van der Waals surface area contributed by atoms with Gasteiger partial charge in [-0.1, -0.05) is 165 Å². The maximum atomic E-state index is 12.7. The van der Waals surface area contributed by atoms with Gasteiger partial charge in [-0.15, -0.1) is 0 Å². The van der Waals surface area contributed by atoms with Crippen LogP contribution in [-0.2, 0) is 32.7 Å². The first-order valence-corrected chi connectivity index (χ1v) is 23.8. The summed E-state index contributed by atoms with van der Waals surface area (Å²) in [6, 6.07) is 0. The first-order chi connectivity index (χ1) is 27.0. The molecule has 0 saturated carbocycles. The van der Waals surface area contributed by atoms with Crippen LogP contribution in [-0.4, -0.2) is 70.0 Å². The van der Waals surface area contributed by atoms with Crippen molar-refractivity contribution >= 4 is 19.8 Å². The highest BCUT2D eigenvalue weighted by atomic mass is 31.2.